The van der Waals surface area contributed by atoms with Crippen molar-refractivity contribution in [3.05, 3.63) is 76.7 Å². The normalized spacial score (nSPS) is 10.5. The van der Waals surface area contributed by atoms with Gasteiger partial charge in [-0.2, -0.15) is 0 Å². The van der Waals surface area contributed by atoms with E-state index in [2.05, 4.69) is 5.16 Å². The molecule has 146 valence electrons. The van der Waals surface area contributed by atoms with Gasteiger partial charge >= 0.3 is 5.97 Å². The van der Waals surface area contributed by atoms with E-state index in [-0.39, 0.29) is 5.97 Å². The van der Waals surface area contributed by atoms with Gasteiger partial charge in [0.2, 0.25) is 0 Å². The van der Waals surface area contributed by atoms with Crippen LogP contribution < -0.4 is 9.47 Å². The van der Waals surface area contributed by atoms with Gasteiger partial charge in [0.05, 0.1) is 30.5 Å². The Balaban J connectivity index is 1.53. The quantitative estimate of drug-likeness (QED) is 0.543. The molecule has 3 rings (SSSR count). The van der Waals surface area contributed by atoms with Gasteiger partial charge in [0.25, 0.3) is 0 Å². The van der Waals surface area contributed by atoms with E-state index in [4.69, 9.17) is 18.7 Å². The lowest BCUT2D eigenvalue weighted by atomic mass is 10.1. The minimum atomic E-state index is -0.378. The summed E-state index contributed by atoms with van der Waals surface area (Å²) < 4.78 is 21.4. The summed E-state index contributed by atoms with van der Waals surface area (Å²) in [6.07, 6.45) is 0.637. The Kier molecular flexibility index (Phi) is 6.32. The third kappa shape index (κ3) is 4.91. The second-order valence-electron chi connectivity index (χ2n) is 6.35. The maximum Gasteiger partial charge on any atom is 0.338 e. The van der Waals surface area contributed by atoms with Crippen molar-refractivity contribution < 1.29 is 23.5 Å². The highest BCUT2D eigenvalue weighted by atomic mass is 16.5. The maximum atomic E-state index is 12.3. The average Bonchev–Trinajstić information content (AvgIpc) is 3.04. The van der Waals surface area contributed by atoms with Gasteiger partial charge in [0.1, 0.15) is 23.9 Å². The van der Waals surface area contributed by atoms with Crippen LogP contribution in [0.2, 0.25) is 0 Å². The monoisotopic (exact) mass is 381 g/mol. The summed E-state index contributed by atoms with van der Waals surface area (Å²) in [7, 11) is 1.63. The van der Waals surface area contributed by atoms with Crippen molar-refractivity contribution in [2.45, 2.75) is 26.9 Å². The van der Waals surface area contributed by atoms with Crippen LogP contribution in [0.25, 0.3) is 0 Å². The molecule has 2 aromatic carbocycles. The number of carbonyl (C=O) groups excluding carboxylic acids is 1. The first-order valence-corrected chi connectivity index (χ1v) is 9.01. The van der Waals surface area contributed by atoms with E-state index in [1.807, 2.05) is 38.1 Å². The number of ether oxygens (including phenoxy) is 3. The molecular formula is C22H23NO5. The zero-order valence-electron chi connectivity index (χ0n) is 16.2. The summed E-state index contributed by atoms with van der Waals surface area (Å²) in [5.74, 6) is 1.74. The molecule has 0 atom stereocenters. The van der Waals surface area contributed by atoms with E-state index < -0.39 is 0 Å². The number of aromatic nitrogens is 1. The number of carbonyl (C=O) groups is 1. The van der Waals surface area contributed by atoms with Crippen LogP contribution in [0.15, 0.2) is 53.1 Å². The number of methoxy groups -OCH3 is 1. The molecule has 3 aromatic rings. The van der Waals surface area contributed by atoms with Crippen LogP contribution in [0.5, 0.6) is 11.5 Å². The fourth-order valence-corrected chi connectivity index (χ4v) is 2.71. The molecule has 0 fully saturated rings. The van der Waals surface area contributed by atoms with Gasteiger partial charge in [-0.15, -0.1) is 0 Å². The van der Waals surface area contributed by atoms with Crippen molar-refractivity contribution in [3.8, 4) is 11.5 Å². The predicted molar refractivity (Wildman–Crippen MR) is 104 cm³/mol. The molecule has 0 N–H and O–H groups in total. The molecule has 6 nitrogen and oxygen atoms in total. The molecule has 0 amide bonds. The van der Waals surface area contributed by atoms with Crippen LogP contribution in [0.4, 0.5) is 0 Å². The van der Waals surface area contributed by atoms with Crippen LogP contribution in [0.3, 0.4) is 0 Å². The second kappa shape index (κ2) is 9.08. The van der Waals surface area contributed by atoms with Crippen LogP contribution >= 0.6 is 0 Å². The molecule has 0 saturated heterocycles. The van der Waals surface area contributed by atoms with E-state index in [0.29, 0.717) is 30.9 Å². The number of esters is 1. The van der Waals surface area contributed by atoms with Crippen LogP contribution in [0.1, 0.15) is 32.9 Å². The Morgan fingerprint density at radius 1 is 1.07 bits per heavy atom. The van der Waals surface area contributed by atoms with Gasteiger partial charge in [0.15, 0.2) is 0 Å². The molecule has 0 saturated carbocycles. The van der Waals surface area contributed by atoms with Crippen molar-refractivity contribution >= 4 is 5.97 Å². The Morgan fingerprint density at radius 2 is 1.86 bits per heavy atom. The highest BCUT2D eigenvalue weighted by Crippen LogP contribution is 2.19. The van der Waals surface area contributed by atoms with Gasteiger partial charge in [-0.05, 0) is 49.7 Å². The van der Waals surface area contributed by atoms with E-state index in [0.717, 1.165) is 28.3 Å². The van der Waals surface area contributed by atoms with Crippen LogP contribution in [0, 0.1) is 13.8 Å². The summed E-state index contributed by atoms with van der Waals surface area (Å²) in [6.45, 7) is 4.34. The summed E-state index contributed by atoms with van der Waals surface area (Å²) >= 11 is 0. The Morgan fingerprint density at radius 3 is 2.54 bits per heavy atom. The molecule has 1 aromatic heterocycles. The Labute approximate surface area is 164 Å². The summed E-state index contributed by atoms with van der Waals surface area (Å²) in [5, 5.41) is 3.91. The van der Waals surface area contributed by atoms with Gasteiger partial charge < -0.3 is 18.7 Å². The largest absolute Gasteiger partial charge is 0.497 e. The third-order valence-corrected chi connectivity index (χ3v) is 4.42. The molecule has 0 aliphatic rings. The molecular weight excluding hydrogens is 358 g/mol. The molecule has 0 aliphatic carbocycles. The Bertz CT molecular complexity index is 911. The van der Waals surface area contributed by atoms with Crippen LogP contribution in [-0.2, 0) is 17.8 Å². The Hall–Kier alpha value is -3.28. The predicted octanol–water partition coefficient (Wildman–Crippen LogP) is 4.28. The number of hydrogen-bond acceptors (Lipinski definition) is 6. The minimum Gasteiger partial charge on any atom is -0.497 e. The molecule has 28 heavy (non-hydrogen) atoms. The lowest BCUT2D eigenvalue weighted by molar-refractivity contribution is 0.0508. The molecule has 0 bridgehead atoms. The molecule has 1 heterocycles. The minimum absolute atomic E-state index is 0.301. The van der Waals surface area contributed by atoms with Crippen molar-refractivity contribution in [3.63, 3.8) is 0 Å². The standard InChI is InChI=1S/C22H23NO5/c1-15-21(16(2)28-23-15)14-27-20-6-4-5-18(13-20)22(24)26-12-11-17-7-9-19(25-3)10-8-17/h4-10,13H,11-12,14H2,1-3H3. The molecule has 6 heteroatoms. The highest BCUT2D eigenvalue weighted by Gasteiger charge is 2.12. The summed E-state index contributed by atoms with van der Waals surface area (Å²) in [5.41, 5.74) is 3.23. The van der Waals surface area contributed by atoms with E-state index in [1.165, 1.54) is 0 Å². The fourth-order valence-electron chi connectivity index (χ4n) is 2.71. The zero-order valence-corrected chi connectivity index (χ0v) is 16.2. The SMILES string of the molecule is COc1ccc(CCOC(=O)c2cccc(OCc3c(C)noc3C)c2)cc1. The fraction of sp³-hybridized carbons (Fsp3) is 0.273. The zero-order chi connectivity index (χ0) is 19.9. The van der Waals surface area contributed by atoms with Gasteiger partial charge in [0, 0.05) is 6.42 Å². The number of hydrogen-bond donors (Lipinski definition) is 0. The topological polar surface area (TPSA) is 70.8 Å². The third-order valence-electron chi connectivity index (χ3n) is 4.42. The van der Waals surface area contributed by atoms with Gasteiger partial charge in [-0.3, -0.25) is 0 Å². The van der Waals surface area contributed by atoms with E-state index in [1.54, 1.807) is 31.4 Å². The van der Waals surface area contributed by atoms with Crippen molar-refractivity contribution in [2.75, 3.05) is 13.7 Å². The molecule has 0 radical (unpaired) electrons. The van der Waals surface area contributed by atoms with Crippen molar-refractivity contribution in [2.24, 2.45) is 0 Å². The molecule has 0 spiro atoms. The number of rotatable bonds is 8. The van der Waals surface area contributed by atoms with Crippen LogP contribution in [-0.4, -0.2) is 24.8 Å². The maximum absolute atomic E-state index is 12.3. The van der Waals surface area contributed by atoms with Gasteiger partial charge in [-0.1, -0.05) is 23.4 Å². The number of aryl methyl sites for hydroxylation is 2. The first kappa shape index (κ1) is 19.5. The first-order valence-electron chi connectivity index (χ1n) is 9.01. The smallest absolute Gasteiger partial charge is 0.338 e. The van der Waals surface area contributed by atoms with E-state index in [9.17, 15) is 4.79 Å². The second-order valence-corrected chi connectivity index (χ2v) is 6.35. The number of benzene rings is 2. The number of nitrogens with zero attached hydrogens (tertiary/aromatic N) is 1. The van der Waals surface area contributed by atoms with Gasteiger partial charge in [-0.25, -0.2) is 4.79 Å². The first-order chi connectivity index (χ1) is 13.6. The molecule has 0 aliphatic heterocycles. The lowest BCUT2D eigenvalue weighted by Crippen LogP contribution is -2.08. The highest BCUT2D eigenvalue weighted by molar-refractivity contribution is 5.89. The van der Waals surface area contributed by atoms with Crippen molar-refractivity contribution in [1.82, 2.24) is 5.16 Å². The summed E-state index contributed by atoms with van der Waals surface area (Å²) in [4.78, 5) is 12.3. The van der Waals surface area contributed by atoms with E-state index >= 15 is 0 Å². The lowest BCUT2D eigenvalue weighted by Gasteiger charge is -2.09. The molecule has 0 unspecified atom stereocenters. The van der Waals surface area contributed by atoms with Crippen molar-refractivity contribution in [1.29, 1.82) is 0 Å². The summed E-state index contributed by atoms with van der Waals surface area (Å²) in [6, 6.07) is 14.6. The average molecular weight is 381 g/mol.